The predicted octanol–water partition coefficient (Wildman–Crippen LogP) is -0.284. The lowest BCUT2D eigenvalue weighted by molar-refractivity contribution is -0.734. The van der Waals surface area contributed by atoms with Gasteiger partial charge in [-0.15, -0.1) is 6.57 Å². The molecular weight excluding hydrogens is 298 g/mol. The third-order valence-corrected chi connectivity index (χ3v) is 3.18. The van der Waals surface area contributed by atoms with Crippen molar-refractivity contribution < 1.29 is 17.2 Å². The largest absolute Gasteiger partial charge is 1.00 e. The van der Waals surface area contributed by atoms with Crippen LogP contribution in [-0.4, -0.2) is 15.0 Å². The van der Waals surface area contributed by atoms with Gasteiger partial charge in [0.25, 0.3) is 0 Å². The van der Waals surface area contributed by atoms with Crippen LogP contribution in [0.15, 0.2) is 48.5 Å². The zero-order valence-electron chi connectivity index (χ0n) is 12.2. The standard InChI is InChI=1S/C16H14N5.ClH/c1-12-4-8-14(9-5-12)20-18-16(17-3)19-21(20)15-10-6-13(2)7-11-15;/h4-11H,1-2H3;1H/q+1;/p-1. The van der Waals surface area contributed by atoms with Crippen molar-refractivity contribution in [2.75, 3.05) is 0 Å². The molecule has 5 nitrogen and oxygen atoms in total. The highest BCUT2D eigenvalue weighted by Gasteiger charge is 2.21. The number of aromatic nitrogens is 4. The van der Waals surface area contributed by atoms with E-state index in [0.29, 0.717) is 0 Å². The molecule has 22 heavy (non-hydrogen) atoms. The Labute approximate surface area is 135 Å². The van der Waals surface area contributed by atoms with Gasteiger partial charge in [-0.05, 0) is 38.1 Å². The summed E-state index contributed by atoms with van der Waals surface area (Å²) < 4.78 is 0. The van der Waals surface area contributed by atoms with Gasteiger partial charge in [0.15, 0.2) is 5.69 Å². The van der Waals surface area contributed by atoms with Crippen molar-refractivity contribution in [1.29, 1.82) is 0 Å². The Balaban J connectivity index is 0.00000176. The number of halogens is 1. The second-order valence-corrected chi connectivity index (χ2v) is 4.86. The molecule has 0 amide bonds. The van der Waals surface area contributed by atoms with Crippen LogP contribution in [0.2, 0.25) is 0 Å². The lowest BCUT2D eigenvalue weighted by atomic mass is 10.2. The fraction of sp³-hybridized carbons (Fsp3) is 0.125. The molecule has 3 aromatic rings. The van der Waals surface area contributed by atoms with Gasteiger partial charge >= 0.3 is 5.95 Å². The minimum absolute atomic E-state index is 0. The smallest absolute Gasteiger partial charge is 0.475 e. The summed E-state index contributed by atoms with van der Waals surface area (Å²) in [6, 6.07) is 15.9. The number of nitrogens with zero attached hydrogens (tertiary/aromatic N) is 5. The van der Waals surface area contributed by atoms with E-state index < -0.39 is 0 Å². The van der Waals surface area contributed by atoms with Crippen LogP contribution >= 0.6 is 0 Å². The van der Waals surface area contributed by atoms with E-state index in [4.69, 9.17) is 6.57 Å². The molecule has 0 aliphatic rings. The van der Waals surface area contributed by atoms with Crippen LogP contribution in [0.25, 0.3) is 16.2 Å². The summed E-state index contributed by atoms with van der Waals surface area (Å²) >= 11 is 0. The van der Waals surface area contributed by atoms with Crippen LogP contribution < -0.4 is 17.2 Å². The second-order valence-electron chi connectivity index (χ2n) is 4.86. The van der Waals surface area contributed by atoms with Crippen LogP contribution in [0, 0.1) is 20.4 Å². The van der Waals surface area contributed by atoms with E-state index in [1.165, 1.54) is 11.1 Å². The van der Waals surface area contributed by atoms with Crippen LogP contribution in [0.4, 0.5) is 5.95 Å². The molecule has 0 spiro atoms. The number of tetrazole rings is 1. The van der Waals surface area contributed by atoms with Gasteiger partial charge in [0.05, 0.1) is 10.2 Å². The molecule has 2 aromatic carbocycles. The number of aryl methyl sites for hydroxylation is 2. The highest BCUT2D eigenvalue weighted by Crippen LogP contribution is 2.10. The molecule has 0 bridgehead atoms. The highest BCUT2D eigenvalue weighted by molar-refractivity contribution is 5.33. The Kier molecular flexibility index (Phi) is 4.54. The highest BCUT2D eigenvalue weighted by atomic mass is 35.5. The van der Waals surface area contributed by atoms with Gasteiger partial charge in [0, 0.05) is 9.59 Å². The summed E-state index contributed by atoms with van der Waals surface area (Å²) in [6.07, 6.45) is 0. The van der Waals surface area contributed by atoms with Gasteiger partial charge in [-0.25, -0.2) is 0 Å². The van der Waals surface area contributed by atoms with E-state index in [1.807, 2.05) is 62.4 Å². The number of benzene rings is 2. The molecule has 0 radical (unpaired) electrons. The molecule has 0 fully saturated rings. The van der Waals surface area contributed by atoms with Gasteiger partial charge in [-0.1, -0.05) is 35.4 Å². The van der Waals surface area contributed by atoms with Crippen LogP contribution in [-0.2, 0) is 0 Å². The lowest BCUT2D eigenvalue weighted by Gasteiger charge is -1.99. The second kappa shape index (κ2) is 6.37. The summed E-state index contributed by atoms with van der Waals surface area (Å²) in [7, 11) is 0. The van der Waals surface area contributed by atoms with E-state index >= 15 is 0 Å². The summed E-state index contributed by atoms with van der Waals surface area (Å²) in [4.78, 5) is 6.60. The van der Waals surface area contributed by atoms with Crippen LogP contribution in [0.1, 0.15) is 11.1 Å². The van der Waals surface area contributed by atoms with E-state index in [2.05, 4.69) is 15.0 Å². The first-order valence-corrected chi connectivity index (χ1v) is 6.58. The summed E-state index contributed by atoms with van der Waals surface area (Å²) in [5.74, 6) is 0.121. The Hall–Kier alpha value is -2.71. The van der Waals surface area contributed by atoms with Crippen LogP contribution in [0.5, 0.6) is 0 Å². The molecule has 3 rings (SSSR count). The molecule has 0 N–H and O–H groups in total. The van der Waals surface area contributed by atoms with E-state index in [0.717, 1.165) is 11.4 Å². The van der Waals surface area contributed by atoms with Crippen molar-refractivity contribution in [2.45, 2.75) is 13.8 Å². The SMILES string of the molecule is [C-]#[N+]c1nn(-c2ccc(C)cc2)[n+](-c2ccc(C)cc2)n1.[Cl-]. The normalized spacial score (nSPS) is 9.86. The molecule has 0 aliphatic carbocycles. The Morgan fingerprint density at radius 3 is 2.05 bits per heavy atom. The van der Waals surface area contributed by atoms with Gasteiger partial charge in [-0.3, -0.25) is 0 Å². The average molecular weight is 312 g/mol. The zero-order chi connectivity index (χ0) is 14.8. The van der Waals surface area contributed by atoms with E-state index in [1.54, 1.807) is 9.59 Å². The maximum absolute atomic E-state index is 7.12. The quantitative estimate of drug-likeness (QED) is 0.482. The third kappa shape index (κ3) is 2.97. The molecule has 0 unspecified atom stereocenters. The molecule has 0 atom stereocenters. The molecule has 1 aromatic heterocycles. The Morgan fingerprint density at radius 2 is 1.50 bits per heavy atom. The van der Waals surface area contributed by atoms with Gasteiger partial charge in [-0.2, -0.15) is 0 Å². The number of hydrogen-bond donors (Lipinski definition) is 0. The van der Waals surface area contributed by atoms with E-state index in [9.17, 15) is 0 Å². The van der Waals surface area contributed by atoms with Gasteiger partial charge in [0.2, 0.25) is 0 Å². The first-order chi connectivity index (χ1) is 10.2. The zero-order valence-corrected chi connectivity index (χ0v) is 13.0. The number of hydrogen-bond acceptors (Lipinski definition) is 2. The topological polar surface area (TPSA) is 39.0 Å². The Morgan fingerprint density at radius 1 is 0.955 bits per heavy atom. The molecule has 0 saturated heterocycles. The first kappa shape index (κ1) is 15.7. The molecule has 110 valence electrons. The summed E-state index contributed by atoms with van der Waals surface area (Å²) in [5.41, 5.74) is 4.07. The molecule has 0 aliphatic heterocycles. The molecule has 1 heterocycles. The van der Waals surface area contributed by atoms with Crippen molar-refractivity contribution >= 4 is 5.95 Å². The monoisotopic (exact) mass is 311 g/mol. The predicted molar refractivity (Wildman–Crippen MR) is 78.6 cm³/mol. The minimum Gasteiger partial charge on any atom is -1.00 e. The van der Waals surface area contributed by atoms with Crippen molar-refractivity contribution in [2.24, 2.45) is 0 Å². The van der Waals surface area contributed by atoms with Crippen molar-refractivity contribution in [3.05, 3.63) is 71.1 Å². The average Bonchev–Trinajstić information content (AvgIpc) is 2.93. The van der Waals surface area contributed by atoms with Gasteiger partial charge < -0.3 is 17.3 Å². The van der Waals surface area contributed by atoms with Gasteiger partial charge in [0.1, 0.15) is 5.69 Å². The van der Waals surface area contributed by atoms with Crippen LogP contribution in [0.3, 0.4) is 0 Å². The van der Waals surface area contributed by atoms with Crippen molar-refractivity contribution in [1.82, 2.24) is 15.0 Å². The molecular formula is C16H14ClN5. The van der Waals surface area contributed by atoms with Crippen molar-refractivity contribution in [3.8, 4) is 11.4 Å². The number of rotatable bonds is 2. The molecule has 6 heteroatoms. The minimum atomic E-state index is 0. The third-order valence-electron chi connectivity index (χ3n) is 3.18. The summed E-state index contributed by atoms with van der Waals surface area (Å²) in [6.45, 7) is 11.2. The fourth-order valence-corrected chi connectivity index (χ4v) is 2.01. The maximum atomic E-state index is 7.12. The Bertz CT molecular complexity index is 750. The fourth-order valence-electron chi connectivity index (χ4n) is 2.01. The first-order valence-electron chi connectivity index (χ1n) is 6.58. The van der Waals surface area contributed by atoms with E-state index in [-0.39, 0.29) is 18.4 Å². The maximum Gasteiger partial charge on any atom is 0.475 e. The lowest BCUT2D eigenvalue weighted by Crippen LogP contribution is -3.00. The molecule has 0 saturated carbocycles. The summed E-state index contributed by atoms with van der Waals surface area (Å²) in [5, 5.41) is 8.48. The van der Waals surface area contributed by atoms with Crippen molar-refractivity contribution in [3.63, 3.8) is 0 Å².